The molecular weight excluding hydrogens is 1040 g/mol. The van der Waals surface area contributed by atoms with Gasteiger partial charge in [0.1, 0.15) is 13.2 Å². The number of nitrogens with zero attached hydrogens (tertiary/aromatic N) is 1. The van der Waals surface area contributed by atoms with Crippen LogP contribution < -0.4 is 0 Å². The molecule has 0 spiro atoms. The first kappa shape index (κ1) is 80.7. The van der Waals surface area contributed by atoms with E-state index in [1.165, 1.54) is 212 Å². The van der Waals surface area contributed by atoms with Crippen LogP contribution in [0.5, 0.6) is 0 Å². The van der Waals surface area contributed by atoms with Crippen molar-refractivity contribution in [3.8, 4) is 0 Å². The van der Waals surface area contributed by atoms with Gasteiger partial charge in [-0.3, -0.25) is 9.59 Å². The van der Waals surface area contributed by atoms with Crippen LogP contribution in [0.4, 0.5) is 0 Å². The van der Waals surface area contributed by atoms with Crippen molar-refractivity contribution in [3.05, 3.63) is 72.9 Å². The summed E-state index contributed by atoms with van der Waals surface area (Å²) < 4.78 is 22.9. The van der Waals surface area contributed by atoms with Gasteiger partial charge in [0.25, 0.3) is 6.29 Å². The molecule has 9 nitrogen and oxygen atoms in total. The number of carboxylic acids is 1. The van der Waals surface area contributed by atoms with E-state index in [0.29, 0.717) is 23.9 Å². The van der Waals surface area contributed by atoms with E-state index >= 15 is 0 Å². The zero-order valence-electron chi connectivity index (χ0n) is 55.8. The lowest BCUT2D eigenvalue weighted by Crippen LogP contribution is -2.40. The molecule has 0 aromatic rings. The molecule has 84 heavy (non-hydrogen) atoms. The number of carbonyl (C=O) groups excluding carboxylic acids is 2. The van der Waals surface area contributed by atoms with Gasteiger partial charge in [-0.05, 0) is 64.2 Å². The number of rotatable bonds is 66. The number of likely N-dealkylation sites (N-methyl/N-ethyl adjacent to an activating group) is 1. The van der Waals surface area contributed by atoms with E-state index < -0.39 is 24.3 Å². The van der Waals surface area contributed by atoms with Crippen molar-refractivity contribution in [3.63, 3.8) is 0 Å². The number of ether oxygens (including phenoxy) is 4. The number of hydrogen-bond acceptors (Lipinski definition) is 7. The lowest BCUT2D eigenvalue weighted by atomic mass is 10.0. The summed E-state index contributed by atoms with van der Waals surface area (Å²) in [6.07, 6.45) is 84.7. The summed E-state index contributed by atoms with van der Waals surface area (Å²) in [7, 11) is 5.97. The smallest absolute Gasteiger partial charge is 0.361 e. The average molecular weight is 1180 g/mol. The summed E-state index contributed by atoms with van der Waals surface area (Å²) in [4.78, 5) is 37.6. The summed E-state index contributed by atoms with van der Waals surface area (Å²) in [6, 6.07) is 0. The van der Waals surface area contributed by atoms with Gasteiger partial charge >= 0.3 is 17.9 Å². The van der Waals surface area contributed by atoms with Crippen LogP contribution in [0.25, 0.3) is 0 Å². The normalized spacial score (nSPS) is 13.1. The van der Waals surface area contributed by atoms with Crippen LogP contribution in [0.15, 0.2) is 72.9 Å². The van der Waals surface area contributed by atoms with Crippen molar-refractivity contribution in [2.75, 3.05) is 47.5 Å². The lowest BCUT2D eigenvalue weighted by Gasteiger charge is -2.25. The Morgan fingerprint density at radius 2 is 0.679 bits per heavy atom. The minimum atomic E-state index is -1.52. The summed E-state index contributed by atoms with van der Waals surface area (Å²) in [5.74, 6) is -2.03. The second-order valence-electron chi connectivity index (χ2n) is 25.2. The van der Waals surface area contributed by atoms with E-state index in [2.05, 4.69) is 86.8 Å². The number of aliphatic carboxylic acids is 1. The Morgan fingerprint density at radius 1 is 0.369 bits per heavy atom. The monoisotopic (exact) mass is 1180 g/mol. The third-order valence-corrected chi connectivity index (χ3v) is 15.7. The predicted molar refractivity (Wildman–Crippen MR) is 359 cm³/mol. The fourth-order valence-electron chi connectivity index (χ4n) is 10.3. The van der Waals surface area contributed by atoms with Crippen molar-refractivity contribution in [1.29, 1.82) is 0 Å². The molecule has 1 N–H and O–H groups in total. The second kappa shape index (κ2) is 65.7. The third kappa shape index (κ3) is 66.3. The zero-order valence-corrected chi connectivity index (χ0v) is 55.8. The highest BCUT2D eigenvalue weighted by Gasteiger charge is 2.25. The zero-order chi connectivity index (χ0) is 61.2. The SMILES string of the molecule is CC/C=C\C/C=C\C/C=C\C/C=C\C/C=C\C/C=C\CCCCCCC(=O)OC(COC(=O)CCCCCCCCCCCCCCCCCCCCCCCCCCCCCCCCCCCCCC)COC(OCC[N+](C)(C)C)C(=O)O. The Balaban J connectivity index is 4.05. The number of esters is 2. The van der Waals surface area contributed by atoms with Crippen molar-refractivity contribution in [2.45, 2.75) is 341 Å². The van der Waals surface area contributed by atoms with Crippen molar-refractivity contribution < 1.29 is 42.9 Å². The average Bonchev–Trinajstić information content (AvgIpc) is 3.51. The molecule has 0 amide bonds. The number of quaternary nitrogens is 1. The van der Waals surface area contributed by atoms with E-state index in [9.17, 15) is 19.5 Å². The third-order valence-electron chi connectivity index (χ3n) is 15.7. The van der Waals surface area contributed by atoms with Gasteiger partial charge in [0.2, 0.25) is 0 Å². The molecular formula is C75H136NO8+. The first-order valence-corrected chi connectivity index (χ1v) is 35.6. The topological polar surface area (TPSA) is 108 Å². The molecule has 0 saturated heterocycles. The van der Waals surface area contributed by atoms with Gasteiger partial charge in [-0.2, -0.15) is 0 Å². The number of allylic oxidation sites excluding steroid dienone is 12. The van der Waals surface area contributed by atoms with E-state index in [-0.39, 0.29) is 32.2 Å². The van der Waals surface area contributed by atoms with Crippen molar-refractivity contribution >= 4 is 17.9 Å². The number of carboxylic acid groups (broad SMARTS) is 1. The molecule has 2 unspecified atom stereocenters. The summed E-state index contributed by atoms with van der Waals surface area (Å²) in [5, 5.41) is 9.74. The highest BCUT2D eigenvalue weighted by atomic mass is 16.7. The molecule has 0 saturated carbocycles. The second-order valence-corrected chi connectivity index (χ2v) is 25.2. The molecule has 0 aliphatic heterocycles. The maximum absolute atomic E-state index is 12.9. The van der Waals surface area contributed by atoms with Crippen molar-refractivity contribution in [1.82, 2.24) is 0 Å². The molecule has 0 radical (unpaired) electrons. The van der Waals surface area contributed by atoms with Crippen LogP contribution >= 0.6 is 0 Å². The Hall–Kier alpha value is -3.27. The molecule has 0 aromatic heterocycles. The summed E-state index contributed by atoms with van der Waals surface area (Å²) in [6.45, 7) is 4.77. The number of unbranched alkanes of at least 4 members (excludes halogenated alkanes) is 39. The summed E-state index contributed by atoms with van der Waals surface area (Å²) >= 11 is 0. The van der Waals surface area contributed by atoms with Gasteiger partial charge in [-0.1, -0.05) is 324 Å². The molecule has 488 valence electrons. The summed E-state index contributed by atoms with van der Waals surface area (Å²) in [5.41, 5.74) is 0. The standard InChI is InChI=1S/C75H135NO8/c1-6-8-10-12-14-16-18-20-22-24-26-28-30-31-32-33-34-35-36-37-38-39-40-41-42-44-45-47-49-51-53-55-57-59-61-63-65-72(77)82-69-71(70-83-75(74(79)80)81-68-67-76(3,4)5)84-73(78)66-64-62-60-58-56-54-52-50-48-46-43-29-27-25-23-21-19-17-15-13-11-9-7-2/h9,11,15,17,21,23,27,29,46,48,52,54,71,75H,6-8,10,12-14,16,18-20,22,24-26,28,30-45,47,49-51,53,55-70H2,1-5H3/p+1/b11-9-,17-15-,23-21-,29-27-,48-46-,54-52-. The Morgan fingerprint density at radius 3 is 1.01 bits per heavy atom. The van der Waals surface area contributed by atoms with E-state index in [1.807, 2.05) is 21.1 Å². The minimum absolute atomic E-state index is 0.180. The largest absolute Gasteiger partial charge is 0.477 e. The maximum Gasteiger partial charge on any atom is 0.361 e. The molecule has 9 heteroatoms. The van der Waals surface area contributed by atoms with Gasteiger partial charge in [0.05, 0.1) is 34.4 Å². The Kier molecular flexibility index (Phi) is 63.1. The van der Waals surface area contributed by atoms with E-state index in [0.717, 1.165) is 83.5 Å². The molecule has 0 heterocycles. The van der Waals surface area contributed by atoms with Gasteiger partial charge < -0.3 is 28.5 Å². The van der Waals surface area contributed by atoms with Crippen molar-refractivity contribution in [2.24, 2.45) is 0 Å². The van der Waals surface area contributed by atoms with Crippen LogP contribution in [0.2, 0.25) is 0 Å². The highest BCUT2D eigenvalue weighted by Crippen LogP contribution is 2.19. The fraction of sp³-hybridized carbons (Fsp3) is 0.800. The minimum Gasteiger partial charge on any atom is -0.477 e. The maximum atomic E-state index is 12.9. The molecule has 0 rings (SSSR count). The molecule has 2 atom stereocenters. The molecule has 0 bridgehead atoms. The van der Waals surface area contributed by atoms with Gasteiger partial charge in [-0.15, -0.1) is 0 Å². The lowest BCUT2D eigenvalue weighted by molar-refractivity contribution is -0.870. The molecule has 0 fully saturated rings. The fourth-order valence-corrected chi connectivity index (χ4v) is 10.3. The number of carbonyl (C=O) groups is 3. The van der Waals surface area contributed by atoms with Crippen LogP contribution in [0, 0.1) is 0 Å². The van der Waals surface area contributed by atoms with Crippen LogP contribution in [-0.2, 0) is 33.3 Å². The molecule has 0 aromatic carbocycles. The quantitative estimate of drug-likeness (QED) is 0.0211. The van der Waals surface area contributed by atoms with Crippen LogP contribution in [-0.4, -0.2) is 87.4 Å². The molecule has 0 aliphatic rings. The number of hydrogen-bond donors (Lipinski definition) is 1. The predicted octanol–water partition coefficient (Wildman–Crippen LogP) is 22.1. The van der Waals surface area contributed by atoms with E-state index in [1.54, 1.807) is 0 Å². The van der Waals surface area contributed by atoms with Gasteiger partial charge in [0.15, 0.2) is 6.10 Å². The highest BCUT2D eigenvalue weighted by molar-refractivity contribution is 5.71. The Labute approximate surface area is 519 Å². The molecule has 0 aliphatic carbocycles. The van der Waals surface area contributed by atoms with E-state index in [4.69, 9.17) is 18.9 Å². The first-order valence-electron chi connectivity index (χ1n) is 35.6. The van der Waals surface area contributed by atoms with Crippen LogP contribution in [0.1, 0.15) is 328 Å². The van der Waals surface area contributed by atoms with Gasteiger partial charge in [-0.25, -0.2) is 4.79 Å². The van der Waals surface area contributed by atoms with Crippen LogP contribution in [0.3, 0.4) is 0 Å². The first-order chi connectivity index (χ1) is 41.1. The van der Waals surface area contributed by atoms with Gasteiger partial charge in [0, 0.05) is 12.8 Å². The Bertz CT molecular complexity index is 1610.